The second-order valence-corrected chi connectivity index (χ2v) is 5.58. The standard InChI is InChI=1S/C14H18N2/c1-9-10-6-4-5-7-11(10)16-8-14(2,3)13(15)12(9)16/h4-7,13H,8,15H2,1-3H3. The maximum Gasteiger partial charge on any atom is 0.0521 e. The average Bonchev–Trinajstić information content (AvgIpc) is 2.64. The van der Waals surface area contributed by atoms with Crippen molar-refractivity contribution < 1.29 is 0 Å². The average molecular weight is 214 g/mol. The molecule has 1 atom stereocenters. The van der Waals surface area contributed by atoms with Gasteiger partial charge < -0.3 is 10.3 Å². The van der Waals surface area contributed by atoms with Gasteiger partial charge in [0.05, 0.1) is 6.04 Å². The minimum Gasteiger partial charge on any atom is -0.342 e. The van der Waals surface area contributed by atoms with Gasteiger partial charge in [-0.1, -0.05) is 32.0 Å². The van der Waals surface area contributed by atoms with Gasteiger partial charge in [-0.05, 0) is 18.6 Å². The van der Waals surface area contributed by atoms with E-state index in [1.54, 1.807) is 0 Å². The fourth-order valence-corrected chi connectivity index (χ4v) is 2.94. The fourth-order valence-electron chi connectivity index (χ4n) is 2.94. The third-order valence-electron chi connectivity index (χ3n) is 3.98. The molecule has 2 heteroatoms. The highest BCUT2D eigenvalue weighted by molar-refractivity contribution is 5.86. The van der Waals surface area contributed by atoms with Crippen LogP contribution in [0.25, 0.3) is 10.9 Å². The van der Waals surface area contributed by atoms with Crippen molar-refractivity contribution in [2.45, 2.75) is 33.4 Å². The van der Waals surface area contributed by atoms with Crippen LogP contribution in [0, 0.1) is 12.3 Å². The zero-order valence-corrected chi connectivity index (χ0v) is 10.1. The van der Waals surface area contributed by atoms with Crippen LogP contribution in [-0.4, -0.2) is 4.57 Å². The molecular weight excluding hydrogens is 196 g/mol. The van der Waals surface area contributed by atoms with Crippen molar-refractivity contribution in [2.24, 2.45) is 11.1 Å². The van der Waals surface area contributed by atoms with Crippen LogP contribution in [0.3, 0.4) is 0 Å². The summed E-state index contributed by atoms with van der Waals surface area (Å²) < 4.78 is 2.40. The van der Waals surface area contributed by atoms with Gasteiger partial charge in [0.25, 0.3) is 0 Å². The number of aromatic nitrogens is 1. The van der Waals surface area contributed by atoms with Crippen LogP contribution in [0.15, 0.2) is 24.3 Å². The smallest absolute Gasteiger partial charge is 0.0521 e. The summed E-state index contributed by atoms with van der Waals surface area (Å²) >= 11 is 0. The van der Waals surface area contributed by atoms with E-state index in [1.165, 1.54) is 22.2 Å². The number of hydrogen-bond acceptors (Lipinski definition) is 1. The first-order valence-corrected chi connectivity index (χ1v) is 5.86. The van der Waals surface area contributed by atoms with E-state index >= 15 is 0 Å². The van der Waals surface area contributed by atoms with Gasteiger partial charge >= 0.3 is 0 Å². The summed E-state index contributed by atoms with van der Waals surface area (Å²) in [5, 5.41) is 1.35. The van der Waals surface area contributed by atoms with Crippen molar-refractivity contribution in [1.29, 1.82) is 0 Å². The predicted octanol–water partition coefficient (Wildman–Crippen LogP) is 2.99. The Morgan fingerprint density at radius 2 is 2.00 bits per heavy atom. The Bertz CT molecular complexity index is 563. The minimum atomic E-state index is 0.153. The normalized spacial score (nSPS) is 22.6. The number of benzene rings is 1. The number of rotatable bonds is 0. The van der Waals surface area contributed by atoms with E-state index in [0.717, 1.165) is 6.54 Å². The molecule has 1 aromatic carbocycles. The van der Waals surface area contributed by atoms with Crippen molar-refractivity contribution in [3.8, 4) is 0 Å². The van der Waals surface area contributed by atoms with E-state index in [4.69, 9.17) is 5.73 Å². The number of aryl methyl sites for hydroxylation is 1. The van der Waals surface area contributed by atoms with Crippen LogP contribution in [-0.2, 0) is 6.54 Å². The highest BCUT2D eigenvalue weighted by Crippen LogP contribution is 2.44. The fraction of sp³-hybridized carbons (Fsp3) is 0.429. The molecule has 2 nitrogen and oxygen atoms in total. The molecule has 0 aliphatic carbocycles. The third kappa shape index (κ3) is 1.05. The van der Waals surface area contributed by atoms with Gasteiger partial charge in [-0.2, -0.15) is 0 Å². The molecule has 2 N–H and O–H groups in total. The lowest BCUT2D eigenvalue weighted by atomic mass is 9.85. The predicted molar refractivity (Wildman–Crippen MR) is 67.4 cm³/mol. The van der Waals surface area contributed by atoms with Crippen molar-refractivity contribution in [3.63, 3.8) is 0 Å². The second kappa shape index (κ2) is 2.89. The molecule has 0 radical (unpaired) electrons. The molecule has 3 rings (SSSR count). The summed E-state index contributed by atoms with van der Waals surface area (Å²) in [6, 6.07) is 8.74. The van der Waals surface area contributed by atoms with Crippen molar-refractivity contribution in [2.75, 3.05) is 0 Å². The largest absolute Gasteiger partial charge is 0.342 e. The number of hydrogen-bond donors (Lipinski definition) is 1. The first kappa shape index (κ1) is 9.91. The Hall–Kier alpha value is -1.28. The molecule has 0 bridgehead atoms. The lowest BCUT2D eigenvalue weighted by Gasteiger charge is -2.23. The summed E-state index contributed by atoms with van der Waals surface area (Å²) in [5.74, 6) is 0. The summed E-state index contributed by atoms with van der Waals surface area (Å²) in [7, 11) is 0. The number of nitrogens with zero attached hydrogens (tertiary/aromatic N) is 1. The lowest BCUT2D eigenvalue weighted by Crippen LogP contribution is -2.25. The van der Waals surface area contributed by atoms with Crippen molar-refractivity contribution >= 4 is 10.9 Å². The van der Waals surface area contributed by atoms with Gasteiger partial charge in [0.1, 0.15) is 0 Å². The second-order valence-electron chi connectivity index (χ2n) is 5.58. The highest BCUT2D eigenvalue weighted by Gasteiger charge is 2.39. The number of fused-ring (bicyclic) bond motifs is 3. The number of para-hydroxylation sites is 1. The van der Waals surface area contributed by atoms with Gasteiger partial charge in [-0.15, -0.1) is 0 Å². The van der Waals surface area contributed by atoms with Crippen LogP contribution < -0.4 is 5.73 Å². The third-order valence-corrected chi connectivity index (χ3v) is 3.98. The van der Waals surface area contributed by atoms with Crippen LogP contribution in [0.5, 0.6) is 0 Å². The Morgan fingerprint density at radius 1 is 1.31 bits per heavy atom. The SMILES string of the molecule is Cc1c2n(c3ccccc13)CC(C)(C)C2N. The van der Waals surface area contributed by atoms with Gasteiger partial charge in [-0.3, -0.25) is 0 Å². The molecule has 0 saturated heterocycles. The Kier molecular flexibility index (Phi) is 1.79. The molecule has 0 spiro atoms. The first-order chi connectivity index (χ1) is 7.52. The molecule has 0 amide bonds. The van der Waals surface area contributed by atoms with Crippen LogP contribution >= 0.6 is 0 Å². The molecule has 0 saturated carbocycles. The summed E-state index contributed by atoms with van der Waals surface area (Å²) in [5.41, 5.74) is 10.5. The molecule has 84 valence electrons. The van der Waals surface area contributed by atoms with Gasteiger partial charge in [-0.25, -0.2) is 0 Å². The zero-order chi connectivity index (χ0) is 11.5. The lowest BCUT2D eigenvalue weighted by molar-refractivity contribution is 0.301. The topological polar surface area (TPSA) is 30.9 Å². The van der Waals surface area contributed by atoms with Gasteiger partial charge in [0.2, 0.25) is 0 Å². The zero-order valence-electron chi connectivity index (χ0n) is 10.1. The Balaban J connectivity index is 2.36. The quantitative estimate of drug-likeness (QED) is 0.718. The monoisotopic (exact) mass is 214 g/mol. The Morgan fingerprint density at radius 3 is 2.75 bits per heavy atom. The summed E-state index contributed by atoms with van der Waals surface area (Å²) in [6.07, 6.45) is 0. The maximum atomic E-state index is 6.37. The molecular formula is C14H18N2. The Labute approximate surface area is 96.1 Å². The van der Waals surface area contributed by atoms with Crippen molar-refractivity contribution in [1.82, 2.24) is 4.57 Å². The van der Waals surface area contributed by atoms with Crippen molar-refractivity contribution in [3.05, 3.63) is 35.5 Å². The molecule has 1 aromatic heterocycles. The van der Waals surface area contributed by atoms with E-state index in [-0.39, 0.29) is 11.5 Å². The van der Waals surface area contributed by atoms with Crippen LogP contribution in [0.4, 0.5) is 0 Å². The molecule has 16 heavy (non-hydrogen) atoms. The molecule has 1 unspecified atom stereocenters. The van der Waals surface area contributed by atoms with E-state index in [2.05, 4.69) is 49.6 Å². The van der Waals surface area contributed by atoms with Gasteiger partial charge in [0, 0.05) is 28.6 Å². The van der Waals surface area contributed by atoms with Gasteiger partial charge in [0.15, 0.2) is 0 Å². The highest BCUT2D eigenvalue weighted by atomic mass is 15.1. The summed E-state index contributed by atoms with van der Waals surface area (Å²) in [6.45, 7) is 7.71. The molecule has 2 aromatic rings. The van der Waals surface area contributed by atoms with E-state index in [0.29, 0.717) is 0 Å². The molecule has 1 aliphatic rings. The molecule has 2 heterocycles. The van der Waals surface area contributed by atoms with E-state index in [9.17, 15) is 0 Å². The first-order valence-electron chi connectivity index (χ1n) is 5.86. The van der Waals surface area contributed by atoms with Crippen LogP contribution in [0.1, 0.15) is 31.1 Å². The maximum absolute atomic E-state index is 6.37. The van der Waals surface area contributed by atoms with Crippen LogP contribution in [0.2, 0.25) is 0 Å². The molecule has 0 fully saturated rings. The van der Waals surface area contributed by atoms with E-state index in [1.807, 2.05) is 0 Å². The van der Waals surface area contributed by atoms with E-state index < -0.39 is 0 Å². The minimum absolute atomic E-state index is 0.153. The number of nitrogens with two attached hydrogens (primary N) is 1. The summed E-state index contributed by atoms with van der Waals surface area (Å²) in [4.78, 5) is 0. The molecule has 1 aliphatic heterocycles.